The lowest BCUT2D eigenvalue weighted by Gasteiger charge is -2.38. The maximum atomic E-state index is 14.5. The number of hydrogen-bond acceptors (Lipinski definition) is 6. The Hall–Kier alpha value is -2.94. The highest BCUT2D eigenvalue weighted by atomic mass is 19.3. The molecule has 0 bridgehead atoms. The molecule has 0 saturated carbocycles. The van der Waals surface area contributed by atoms with E-state index in [1.165, 1.54) is 12.1 Å². The van der Waals surface area contributed by atoms with Crippen LogP contribution in [0.3, 0.4) is 0 Å². The van der Waals surface area contributed by atoms with Crippen molar-refractivity contribution < 1.29 is 13.2 Å². The smallest absolute Gasteiger partial charge is 0.266 e. The number of rotatable bonds is 5. The molecule has 0 aliphatic carbocycles. The second-order valence-corrected chi connectivity index (χ2v) is 7.27. The monoisotopic (exact) mass is 402 g/mol. The zero-order valence-corrected chi connectivity index (χ0v) is 16.0. The fraction of sp³-hybridized carbons (Fsp3) is 0.350. The number of hydrogen-bond donors (Lipinski definition) is 2. The van der Waals surface area contributed by atoms with Crippen molar-refractivity contribution in [2.75, 3.05) is 23.3 Å². The Morgan fingerprint density at radius 2 is 1.93 bits per heavy atom. The zero-order valence-electron chi connectivity index (χ0n) is 16.0. The summed E-state index contributed by atoms with van der Waals surface area (Å²) in [6, 6.07) is 5.47. The minimum atomic E-state index is -2.88. The first kappa shape index (κ1) is 19.4. The number of nitrogens with zero attached hydrogens (tertiary/aromatic N) is 4. The van der Waals surface area contributed by atoms with E-state index in [2.05, 4.69) is 25.2 Å². The van der Waals surface area contributed by atoms with E-state index in [1.807, 2.05) is 6.07 Å². The van der Waals surface area contributed by atoms with Crippen LogP contribution in [-0.4, -0.2) is 34.1 Å². The average molecular weight is 402 g/mol. The van der Waals surface area contributed by atoms with Crippen molar-refractivity contribution in [2.45, 2.75) is 32.4 Å². The Morgan fingerprint density at radius 3 is 2.62 bits per heavy atom. The van der Waals surface area contributed by atoms with Crippen molar-refractivity contribution in [3.05, 3.63) is 53.2 Å². The normalized spacial score (nSPS) is 15.6. The topological polar surface area (TPSA) is 80.0 Å². The van der Waals surface area contributed by atoms with E-state index >= 15 is 0 Å². The van der Waals surface area contributed by atoms with Gasteiger partial charge in [-0.2, -0.15) is 0 Å². The molecule has 6 nitrogen and oxygen atoms in total. The van der Waals surface area contributed by atoms with Crippen molar-refractivity contribution in [3.8, 4) is 0 Å². The van der Waals surface area contributed by atoms with E-state index in [4.69, 9.17) is 5.73 Å². The van der Waals surface area contributed by atoms with Crippen LogP contribution >= 0.6 is 0 Å². The lowest BCUT2D eigenvalue weighted by atomic mass is 10.0. The molecule has 9 heteroatoms. The molecule has 0 spiro atoms. The van der Waals surface area contributed by atoms with Crippen molar-refractivity contribution >= 4 is 22.5 Å². The van der Waals surface area contributed by atoms with Crippen LogP contribution in [0.5, 0.6) is 0 Å². The van der Waals surface area contributed by atoms with Gasteiger partial charge in [-0.25, -0.2) is 28.1 Å². The van der Waals surface area contributed by atoms with E-state index in [0.29, 0.717) is 22.7 Å². The maximum absolute atomic E-state index is 14.5. The van der Waals surface area contributed by atoms with Crippen molar-refractivity contribution in [1.29, 1.82) is 0 Å². The molecule has 3 aromatic rings. The SMILES string of the molecule is Cc1nc(N[C@H](C)c2cccc(C(F)F)c2F)c2cc(N3CC(N)C3)cnc2n1. The molecule has 1 atom stereocenters. The largest absolute Gasteiger partial charge is 0.367 e. The molecule has 1 fully saturated rings. The number of aryl methyl sites for hydroxylation is 1. The summed E-state index contributed by atoms with van der Waals surface area (Å²) in [6.45, 7) is 4.91. The third kappa shape index (κ3) is 3.69. The molecule has 1 saturated heterocycles. The molecule has 1 aliphatic heterocycles. The minimum Gasteiger partial charge on any atom is -0.367 e. The van der Waals surface area contributed by atoms with Crippen molar-refractivity contribution in [2.24, 2.45) is 5.73 Å². The summed E-state index contributed by atoms with van der Waals surface area (Å²) in [4.78, 5) is 15.3. The maximum Gasteiger partial charge on any atom is 0.266 e. The fourth-order valence-corrected chi connectivity index (χ4v) is 3.47. The number of nitrogens with two attached hydrogens (primary N) is 1. The number of fused-ring (bicyclic) bond motifs is 1. The quantitative estimate of drug-likeness (QED) is 0.677. The highest BCUT2D eigenvalue weighted by molar-refractivity contribution is 5.89. The van der Waals surface area contributed by atoms with E-state index in [0.717, 1.165) is 24.8 Å². The van der Waals surface area contributed by atoms with Crippen LogP contribution in [0.1, 0.15) is 36.3 Å². The molecule has 3 N–H and O–H groups in total. The molecule has 0 amide bonds. The summed E-state index contributed by atoms with van der Waals surface area (Å²) in [5, 5.41) is 3.81. The predicted octanol–water partition coefficient (Wildman–Crippen LogP) is 3.73. The zero-order chi connectivity index (χ0) is 20.7. The number of halogens is 3. The summed E-state index contributed by atoms with van der Waals surface area (Å²) in [5.41, 5.74) is 6.79. The highest BCUT2D eigenvalue weighted by Crippen LogP contribution is 2.31. The van der Waals surface area contributed by atoms with Gasteiger partial charge >= 0.3 is 0 Å². The van der Waals surface area contributed by atoms with Crippen LogP contribution in [0.2, 0.25) is 0 Å². The fourth-order valence-electron chi connectivity index (χ4n) is 3.47. The number of aromatic nitrogens is 3. The van der Waals surface area contributed by atoms with Gasteiger partial charge in [0.15, 0.2) is 5.65 Å². The Morgan fingerprint density at radius 1 is 1.21 bits per heavy atom. The Bertz CT molecular complexity index is 1050. The van der Waals surface area contributed by atoms with E-state index in [9.17, 15) is 13.2 Å². The summed E-state index contributed by atoms with van der Waals surface area (Å²) in [5.74, 6) is 0.0622. The van der Waals surface area contributed by atoms with Gasteiger partial charge < -0.3 is 16.0 Å². The number of anilines is 2. The molecule has 4 rings (SSSR count). The summed E-state index contributed by atoms with van der Waals surface area (Å²) < 4.78 is 40.6. The summed E-state index contributed by atoms with van der Waals surface area (Å²) in [7, 11) is 0. The van der Waals surface area contributed by atoms with Gasteiger partial charge in [-0.1, -0.05) is 18.2 Å². The van der Waals surface area contributed by atoms with Crippen LogP contribution in [-0.2, 0) is 0 Å². The molecule has 1 aliphatic rings. The molecule has 0 radical (unpaired) electrons. The standard InChI is InChI=1S/C20H21F3N6/c1-10(14-4-3-5-15(17(14)21)18(22)23)26-20-16-6-13(29-8-12(24)9-29)7-25-19(16)27-11(2)28-20/h3-7,10,12,18H,8-9,24H2,1-2H3,(H,25,26,27,28)/t10-/m1/s1. The third-order valence-electron chi connectivity index (χ3n) is 5.04. The first-order chi connectivity index (χ1) is 13.8. The molecule has 1 aromatic carbocycles. The van der Waals surface area contributed by atoms with Gasteiger partial charge in [0, 0.05) is 24.7 Å². The second-order valence-electron chi connectivity index (χ2n) is 7.27. The predicted molar refractivity (Wildman–Crippen MR) is 106 cm³/mol. The average Bonchev–Trinajstić information content (AvgIpc) is 2.65. The van der Waals surface area contributed by atoms with Gasteiger partial charge in [0.1, 0.15) is 17.5 Å². The number of benzene rings is 1. The van der Waals surface area contributed by atoms with Crippen LogP contribution < -0.4 is 16.0 Å². The lowest BCUT2D eigenvalue weighted by Crippen LogP contribution is -2.55. The van der Waals surface area contributed by atoms with Gasteiger partial charge in [0.05, 0.1) is 28.9 Å². The molecule has 3 heterocycles. The van der Waals surface area contributed by atoms with Gasteiger partial charge in [-0.05, 0) is 19.9 Å². The first-order valence-corrected chi connectivity index (χ1v) is 9.31. The Kier molecular flexibility index (Phi) is 4.99. The van der Waals surface area contributed by atoms with Gasteiger partial charge in [0.2, 0.25) is 0 Å². The van der Waals surface area contributed by atoms with E-state index in [-0.39, 0.29) is 11.6 Å². The van der Waals surface area contributed by atoms with Gasteiger partial charge in [-0.3, -0.25) is 0 Å². The second kappa shape index (κ2) is 7.47. The highest BCUT2D eigenvalue weighted by Gasteiger charge is 2.25. The number of nitrogens with one attached hydrogen (secondary N) is 1. The first-order valence-electron chi connectivity index (χ1n) is 9.31. The van der Waals surface area contributed by atoms with Crippen molar-refractivity contribution in [3.63, 3.8) is 0 Å². The molecule has 152 valence electrons. The van der Waals surface area contributed by atoms with Gasteiger partial charge in [-0.15, -0.1) is 0 Å². The Labute approximate surface area is 166 Å². The third-order valence-corrected chi connectivity index (χ3v) is 5.04. The molecule has 2 aromatic heterocycles. The molecular formula is C20H21F3N6. The number of pyridine rings is 1. The lowest BCUT2D eigenvalue weighted by molar-refractivity contribution is 0.146. The van der Waals surface area contributed by atoms with Crippen LogP contribution in [0.15, 0.2) is 30.5 Å². The van der Waals surface area contributed by atoms with E-state index < -0.39 is 23.8 Å². The van der Waals surface area contributed by atoms with Crippen LogP contribution in [0.25, 0.3) is 11.0 Å². The summed E-state index contributed by atoms with van der Waals surface area (Å²) >= 11 is 0. The van der Waals surface area contributed by atoms with Crippen molar-refractivity contribution in [1.82, 2.24) is 15.0 Å². The molecule has 0 unspecified atom stereocenters. The van der Waals surface area contributed by atoms with Crippen LogP contribution in [0.4, 0.5) is 24.7 Å². The minimum absolute atomic E-state index is 0.141. The van der Waals surface area contributed by atoms with Gasteiger partial charge in [0.25, 0.3) is 6.43 Å². The summed E-state index contributed by atoms with van der Waals surface area (Å²) in [6.07, 6.45) is -1.14. The molecular weight excluding hydrogens is 381 g/mol. The number of alkyl halides is 2. The Balaban J connectivity index is 1.70. The van der Waals surface area contributed by atoms with E-state index in [1.54, 1.807) is 20.0 Å². The molecule has 29 heavy (non-hydrogen) atoms. The van der Waals surface area contributed by atoms with Crippen LogP contribution in [0, 0.1) is 12.7 Å².